The van der Waals surface area contributed by atoms with Crippen LogP contribution in [0.1, 0.15) is 76.0 Å². The van der Waals surface area contributed by atoms with Crippen LogP contribution in [0.15, 0.2) is 24.3 Å². The smallest absolute Gasteiger partial charge is 0.0867 e. The number of nitrogens with one attached hydrogen (secondary N) is 1. The summed E-state index contributed by atoms with van der Waals surface area (Å²) >= 11 is 0. The normalized spacial score (nSPS) is 17.5. The van der Waals surface area contributed by atoms with Gasteiger partial charge in [0.25, 0.3) is 0 Å². The van der Waals surface area contributed by atoms with Crippen LogP contribution in [0.4, 0.5) is 0 Å². The minimum absolute atomic E-state index is 0.115. The second kappa shape index (κ2) is 7.42. The van der Waals surface area contributed by atoms with Crippen LogP contribution in [0.25, 0.3) is 0 Å². The molecule has 2 rings (SSSR count). The number of benzene rings is 1. The third kappa shape index (κ3) is 3.17. The van der Waals surface area contributed by atoms with Crippen LogP contribution in [0.5, 0.6) is 0 Å². The van der Waals surface area contributed by atoms with Crippen molar-refractivity contribution < 1.29 is 4.74 Å². The second-order valence-electron chi connectivity index (χ2n) is 6.22. The Morgan fingerprint density at radius 2 is 1.86 bits per heavy atom. The molecule has 1 fully saturated rings. The lowest BCUT2D eigenvalue weighted by atomic mass is 9.74. The Balaban J connectivity index is 2.42. The Morgan fingerprint density at radius 1 is 1.19 bits per heavy atom. The first-order valence-electron chi connectivity index (χ1n) is 8.59. The number of hydrogen-bond donors (Lipinski definition) is 1. The largest absolute Gasteiger partial charge is 0.376 e. The van der Waals surface area contributed by atoms with Gasteiger partial charge < -0.3 is 10.1 Å². The van der Waals surface area contributed by atoms with Crippen molar-refractivity contribution in [3.63, 3.8) is 0 Å². The molecule has 2 heteroatoms. The summed E-state index contributed by atoms with van der Waals surface area (Å²) in [5, 5.41) is 3.71. The highest BCUT2D eigenvalue weighted by Crippen LogP contribution is 2.43. The van der Waals surface area contributed by atoms with E-state index in [9.17, 15) is 0 Å². The highest BCUT2D eigenvalue weighted by Gasteiger charge is 2.38. The van der Waals surface area contributed by atoms with Gasteiger partial charge in [-0.05, 0) is 49.3 Å². The summed E-state index contributed by atoms with van der Waals surface area (Å²) in [5.74, 6) is 0.755. The first-order chi connectivity index (χ1) is 10.2. The van der Waals surface area contributed by atoms with E-state index in [1.807, 2.05) is 7.11 Å². The van der Waals surface area contributed by atoms with Crippen molar-refractivity contribution in [2.45, 2.75) is 70.4 Å². The summed E-state index contributed by atoms with van der Waals surface area (Å²) in [5.41, 5.74) is 2.88. The van der Waals surface area contributed by atoms with Crippen LogP contribution in [0, 0.1) is 0 Å². The van der Waals surface area contributed by atoms with Gasteiger partial charge in [-0.25, -0.2) is 0 Å². The third-order valence-corrected chi connectivity index (χ3v) is 5.39. The average molecular weight is 289 g/mol. The summed E-state index contributed by atoms with van der Waals surface area (Å²) < 4.78 is 6.03. The zero-order chi connectivity index (χ0) is 15.3. The van der Waals surface area contributed by atoms with Crippen LogP contribution in [-0.4, -0.2) is 19.3 Å². The van der Waals surface area contributed by atoms with Crippen molar-refractivity contribution in [3.05, 3.63) is 35.4 Å². The van der Waals surface area contributed by atoms with E-state index in [1.54, 1.807) is 0 Å². The molecule has 1 N–H and O–H groups in total. The summed E-state index contributed by atoms with van der Waals surface area (Å²) in [6.45, 7) is 7.63. The van der Waals surface area contributed by atoms with Gasteiger partial charge in [-0.3, -0.25) is 0 Å². The lowest BCUT2D eigenvalue weighted by Gasteiger charge is -2.41. The molecule has 1 unspecified atom stereocenters. The first-order valence-corrected chi connectivity index (χ1v) is 8.59. The zero-order valence-electron chi connectivity index (χ0n) is 14.1. The van der Waals surface area contributed by atoms with Gasteiger partial charge in [0.1, 0.15) is 0 Å². The molecular formula is C19H31NO. The molecule has 0 heterocycles. The van der Waals surface area contributed by atoms with E-state index in [0.717, 1.165) is 25.3 Å². The molecule has 1 aliphatic carbocycles. The van der Waals surface area contributed by atoms with Crippen LogP contribution >= 0.6 is 0 Å². The van der Waals surface area contributed by atoms with Gasteiger partial charge in [0.2, 0.25) is 0 Å². The Hall–Kier alpha value is -0.860. The van der Waals surface area contributed by atoms with Crippen molar-refractivity contribution in [3.8, 4) is 0 Å². The average Bonchev–Trinajstić information content (AvgIpc) is 2.47. The summed E-state index contributed by atoms with van der Waals surface area (Å²) in [7, 11) is 1.86. The number of ether oxygens (including phenoxy) is 1. The number of methoxy groups -OCH3 is 1. The minimum Gasteiger partial charge on any atom is -0.376 e. The maximum atomic E-state index is 6.03. The second-order valence-corrected chi connectivity index (χ2v) is 6.22. The SMILES string of the molecule is CCNC(c1ccccc1C1CCC1)C(CC)(CC)OC. The van der Waals surface area contributed by atoms with Crippen molar-refractivity contribution >= 4 is 0 Å². The van der Waals surface area contributed by atoms with Crippen LogP contribution in [0.2, 0.25) is 0 Å². The molecule has 0 bridgehead atoms. The van der Waals surface area contributed by atoms with E-state index in [0.29, 0.717) is 0 Å². The van der Waals surface area contributed by atoms with Gasteiger partial charge in [0, 0.05) is 7.11 Å². The Labute approximate surface area is 130 Å². The summed E-state index contributed by atoms with van der Waals surface area (Å²) in [6.07, 6.45) is 6.11. The predicted octanol–water partition coefficient (Wildman–Crippen LogP) is 4.81. The molecule has 1 atom stereocenters. The van der Waals surface area contributed by atoms with Crippen molar-refractivity contribution in [1.82, 2.24) is 5.32 Å². The molecule has 118 valence electrons. The molecule has 1 saturated carbocycles. The highest BCUT2D eigenvalue weighted by atomic mass is 16.5. The molecular weight excluding hydrogens is 258 g/mol. The topological polar surface area (TPSA) is 21.3 Å². The summed E-state index contributed by atoms with van der Waals surface area (Å²) in [4.78, 5) is 0. The van der Waals surface area contributed by atoms with Crippen LogP contribution in [-0.2, 0) is 4.74 Å². The fraction of sp³-hybridized carbons (Fsp3) is 0.684. The summed E-state index contributed by atoms with van der Waals surface area (Å²) in [6, 6.07) is 9.27. The van der Waals surface area contributed by atoms with E-state index >= 15 is 0 Å². The fourth-order valence-corrected chi connectivity index (χ4v) is 3.71. The maximum Gasteiger partial charge on any atom is 0.0867 e. The van der Waals surface area contributed by atoms with E-state index in [-0.39, 0.29) is 11.6 Å². The molecule has 21 heavy (non-hydrogen) atoms. The Bertz CT molecular complexity index is 427. The fourth-order valence-electron chi connectivity index (χ4n) is 3.71. The highest BCUT2D eigenvalue weighted by molar-refractivity contribution is 5.36. The van der Waals surface area contributed by atoms with E-state index in [1.165, 1.54) is 30.4 Å². The van der Waals surface area contributed by atoms with Crippen molar-refractivity contribution in [1.29, 1.82) is 0 Å². The monoisotopic (exact) mass is 289 g/mol. The molecule has 2 nitrogen and oxygen atoms in total. The molecule has 0 aliphatic heterocycles. The van der Waals surface area contributed by atoms with Gasteiger partial charge in [-0.2, -0.15) is 0 Å². The lowest BCUT2D eigenvalue weighted by molar-refractivity contribution is -0.0485. The molecule has 1 aromatic carbocycles. The third-order valence-electron chi connectivity index (χ3n) is 5.39. The van der Waals surface area contributed by atoms with E-state index < -0.39 is 0 Å². The predicted molar refractivity (Wildman–Crippen MR) is 89.8 cm³/mol. The standard InChI is InChI=1S/C19H31NO/c1-5-19(6-2,21-4)18(20-7-3)17-14-9-8-13-16(17)15-11-10-12-15/h8-9,13-15,18,20H,5-7,10-12H2,1-4H3. The minimum atomic E-state index is -0.115. The Morgan fingerprint density at radius 3 is 2.33 bits per heavy atom. The molecule has 1 aliphatic rings. The number of rotatable bonds is 8. The molecule has 0 saturated heterocycles. The quantitative estimate of drug-likeness (QED) is 0.741. The van der Waals surface area contributed by atoms with Crippen LogP contribution in [0.3, 0.4) is 0 Å². The van der Waals surface area contributed by atoms with E-state index in [4.69, 9.17) is 4.74 Å². The first kappa shape index (κ1) is 16.5. The Kier molecular flexibility index (Phi) is 5.83. The van der Waals surface area contributed by atoms with E-state index in [2.05, 4.69) is 50.4 Å². The number of likely N-dealkylation sites (N-methyl/N-ethyl adjacent to an activating group) is 1. The van der Waals surface area contributed by atoms with Gasteiger partial charge in [-0.1, -0.05) is 51.5 Å². The van der Waals surface area contributed by atoms with Crippen LogP contribution < -0.4 is 5.32 Å². The number of hydrogen-bond acceptors (Lipinski definition) is 2. The molecule has 0 aromatic heterocycles. The molecule has 0 radical (unpaired) electrons. The van der Waals surface area contributed by atoms with Crippen molar-refractivity contribution in [2.24, 2.45) is 0 Å². The molecule has 1 aromatic rings. The molecule has 0 amide bonds. The van der Waals surface area contributed by atoms with Gasteiger partial charge in [0.15, 0.2) is 0 Å². The van der Waals surface area contributed by atoms with Gasteiger partial charge in [-0.15, -0.1) is 0 Å². The lowest BCUT2D eigenvalue weighted by Crippen LogP contribution is -2.45. The maximum absolute atomic E-state index is 6.03. The molecule has 0 spiro atoms. The van der Waals surface area contributed by atoms with Gasteiger partial charge in [0.05, 0.1) is 11.6 Å². The van der Waals surface area contributed by atoms with Crippen molar-refractivity contribution in [2.75, 3.05) is 13.7 Å². The van der Waals surface area contributed by atoms with Gasteiger partial charge >= 0.3 is 0 Å². The zero-order valence-corrected chi connectivity index (χ0v) is 14.1.